The van der Waals surface area contributed by atoms with Crippen molar-refractivity contribution in [3.05, 3.63) is 72.3 Å². The van der Waals surface area contributed by atoms with Crippen molar-refractivity contribution in [2.75, 3.05) is 34.3 Å². The molecule has 0 bridgehead atoms. The Hall–Kier alpha value is -5.23. The summed E-state index contributed by atoms with van der Waals surface area (Å²) in [4.78, 5) is 62.0. The van der Waals surface area contributed by atoms with Gasteiger partial charge in [-0.2, -0.15) is 0 Å². The summed E-state index contributed by atoms with van der Waals surface area (Å²) in [5, 5.41) is 2.71. The molecule has 284 valence electrons. The average molecular weight is 733 g/mol. The molecule has 2 aliphatic heterocycles. The summed E-state index contributed by atoms with van der Waals surface area (Å²) in [6.45, 7) is 9.39. The molecule has 3 amide bonds. The Morgan fingerprint density at radius 3 is 1.61 bits per heavy atom. The molecule has 5 aromatic rings. The van der Waals surface area contributed by atoms with Crippen LogP contribution in [0.5, 0.6) is 0 Å². The Bertz CT molecular complexity index is 2140. The largest absolute Gasteiger partial charge is 0.453 e. The highest BCUT2D eigenvalue weighted by Crippen LogP contribution is 2.36. The first-order chi connectivity index (χ1) is 25.9. The maximum absolute atomic E-state index is 13.6. The Kier molecular flexibility index (Phi) is 10.5. The number of likely N-dealkylation sites (N-methyl/N-ethyl adjacent to an activating group) is 1. The fourth-order valence-electron chi connectivity index (χ4n) is 8.37. The molecule has 2 aliphatic rings. The topological polar surface area (TPSA) is 140 Å². The highest BCUT2D eigenvalue weighted by molar-refractivity contribution is 5.88. The van der Waals surface area contributed by atoms with E-state index in [4.69, 9.17) is 14.7 Å². The minimum Gasteiger partial charge on any atom is -0.453 e. The van der Waals surface area contributed by atoms with Crippen LogP contribution in [0.25, 0.3) is 44.3 Å². The van der Waals surface area contributed by atoms with Crippen LogP contribution in [0.2, 0.25) is 0 Å². The summed E-state index contributed by atoms with van der Waals surface area (Å²) in [7, 11) is 5.25. The van der Waals surface area contributed by atoms with E-state index in [0.29, 0.717) is 6.54 Å². The van der Waals surface area contributed by atoms with Crippen LogP contribution < -0.4 is 5.32 Å². The molecule has 7 rings (SSSR count). The van der Waals surface area contributed by atoms with Crippen LogP contribution in [0.15, 0.2) is 60.7 Å². The molecular weight excluding hydrogens is 681 g/mol. The molecule has 54 heavy (non-hydrogen) atoms. The lowest BCUT2D eigenvalue weighted by Crippen LogP contribution is -2.51. The molecule has 4 heterocycles. The molecule has 12 nitrogen and oxygen atoms in total. The fourth-order valence-corrected chi connectivity index (χ4v) is 8.37. The summed E-state index contributed by atoms with van der Waals surface area (Å²) < 4.78 is 4.77. The van der Waals surface area contributed by atoms with Gasteiger partial charge < -0.3 is 29.8 Å². The van der Waals surface area contributed by atoms with Gasteiger partial charge in [-0.15, -0.1) is 0 Å². The van der Waals surface area contributed by atoms with Gasteiger partial charge in [0.25, 0.3) is 0 Å². The SMILES string of the molecule is COC(=O)NC(C(=O)N1CCCC1c1nc2ccc(-c3ccc(-c4ccc5nc(C6CCCN6C(=O)C(C(C)C)N(C)C)[nH]c5c4)cc3)cc2[nH]1)C(C)C. The molecule has 3 aromatic carbocycles. The first kappa shape index (κ1) is 37.1. The number of nitrogens with one attached hydrogen (secondary N) is 3. The van der Waals surface area contributed by atoms with Crippen molar-refractivity contribution in [2.24, 2.45) is 11.8 Å². The van der Waals surface area contributed by atoms with E-state index in [1.165, 1.54) is 7.11 Å². The van der Waals surface area contributed by atoms with E-state index < -0.39 is 12.1 Å². The van der Waals surface area contributed by atoms with Crippen LogP contribution in [-0.2, 0) is 14.3 Å². The molecule has 12 heteroatoms. The average Bonchev–Trinajstić information content (AvgIpc) is 3.97. The minimum atomic E-state index is -0.679. The molecular formula is C42H52N8O4. The van der Waals surface area contributed by atoms with Crippen LogP contribution in [0.1, 0.15) is 77.1 Å². The van der Waals surface area contributed by atoms with Gasteiger partial charge in [0.2, 0.25) is 11.8 Å². The maximum atomic E-state index is 13.6. The second-order valence-electron chi connectivity index (χ2n) is 15.7. The van der Waals surface area contributed by atoms with Crippen LogP contribution in [0, 0.1) is 11.8 Å². The molecule has 2 aromatic heterocycles. The lowest BCUT2D eigenvalue weighted by Gasteiger charge is -2.33. The molecule has 0 aliphatic carbocycles. The molecule has 0 radical (unpaired) electrons. The predicted octanol–water partition coefficient (Wildman–Crippen LogP) is 7.07. The van der Waals surface area contributed by atoms with Crippen molar-refractivity contribution >= 4 is 40.0 Å². The second-order valence-corrected chi connectivity index (χ2v) is 15.7. The Balaban J connectivity index is 1.07. The number of aromatic amines is 2. The third kappa shape index (κ3) is 7.19. The molecule has 4 atom stereocenters. The number of nitrogens with zero attached hydrogens (tertiary/aromatic N) is 5. The number of carbonyl (C=O) groups is 3. The fraction of sp³-hybridized carbons (Fsp3) is 0.452. The number of rotatable bonds is 10. The van der Waals surface area contributed by atoms with Crippen molar-refractivity contribution < 1.29 is 19.1 Å². The van der Waals surface area contributed by atoms with E-state index in [1.807, 2.05) is 48.7 Å². The lowest BCUT2D eigenvalue weighted by molar-refractivity contribution is -0.138. The quantitative estimate of drug-likeness (QED) is 0.140. The molecule has 0 spiro atoms. The zero-order valence-electron chi connectivity index (χ0n) is 32.3. The van der Waals surface area contributed by atoms with E-state index in [9.17, 15) is 14.4 Å². The van der Waals surface area contributed by atoms with E-state index >= 15 is 0 Å². The van der Waals surface area contributed by atoms with Crippen LogP contribution in [0.4, 0.5) is 4.79 Å². The zero-order chi connectivity index (χ0) is 38.3. The minimum absolute atomic E-state index is 0.0516. The van der Waals surface area contributed by atoms with Gasteiger partial charge in [0.15, 0.2) is 0 Å². The summed E-state index contributed by atoms with van der Waals surface area (Å²) >= 11 is 0. The number of imidazole rings is 2. The number of likely N-dealkylation sites (tertiary alicyclic amines) is 2. The van der Waals surface area contributed by atoms with E-state index in [-0.39, 0.29) is 41.8 Å². The molecule has 2 fully saturated rings. The highest BCUT2D eigenvalue weighted by Gasteiger charge is 2.39. The summed E-state index contributed by atoms with van der Waals surface area (Å²) in [6.07, 6.45) is 2.91. The van der Waals surface area contributed by atoms with Gasteiger partial charge in [-0.1, -0.05) is 64.1 Å². The standard InChI is InChI=1S/C42H52N8O4/c1-24(2)36(47-42(53)54-7)40(51)49-20-8-10-34(49)38-43-30-18-16-28(22-32(30)45-38)26-12-14-27(15-13-26)29-17-19-31-33(23-29)46-39(44-31)35-11-9-21-50(35)41(52)37(25(3)4)48(5)6/h12-19,22-25,34-37H,8-11,20-21H2,1-7H3,(H,43,45)(H,44,46)(H,47,53). The first-order valence-corrected chi connectivity index (χ1v) is 19.2. The number of fused-ring (bicyclic) bond motifs is 2. The second kappa shape index (κ2) is 15.3. The smallest absolute Gasteiger partial charge is 0.407 e. The zero-order valence-corrected chi connectivity index (χ0v) is 32.3. The normalized spacial score (nSPS) is 18.7. The number of ether oxygens (including phenoxy) is 1. The third-order valence-electron chi connectivity index (χ3n) is 11.1. The number of alkyl carbamates (subject to hydrolysis) is 1. The van der Waals surface area contributed by atoms with Gasteiger partial charge in [-0.25, -0.2) is 14.8 Å². The van der Waals surface area contributed by atoms with E-state index in [1.54, 1.807) is 0 Å². The molecule has 0 saturated carbocycles. The number of methoxy groups -OCH3 is 1. The first-order valence-electron chi connectivity index (χ1n) is 19.2. The van der Waals surface area contributed by atoms with Gasteiger partial charge >= 0.3 is 6.09 Å². The number of hydrogen-bond acceptors (Lipinski definition) is 7. The number of H-pyrrole nitrogens is 2. The van der Waals surface area contributed by atoms with E-state index in [2.05, 4.69) is 83.7 Å². The number of hydrogen-bond donors (Lipinski definition) is 3. The molecule has 4 unspecified atom stereocenters. The van der Waals surface area contributed by atoms with Crippen LogP contribution in [0.3, 0.4) is 0 Å². The summed E-state index contributed by atoms with van der Waals surface area (Å²) in [5.41, 5.74) is 7.92. The molecule has 2 saturated heterocycles. The van der Waals surface area contributed by atoms with Crippen molar-refractivity contribution in [1.29, 1.82) is 0 Å². The van der Waals surface area contributed by atoms with Gasteiger partial charge in [-0.3, -0.25) is 14.5 Å². The van der Waals surface area contributed by atoms with Gasteiger partial charge in [0, 0.05) is 13.1 Å². The Morgan fingerprint density at radius 2 is 1.19 bits per heavy atom. The monoisotopic (exact) mass is 732 g/mol. The number of benzene rings is 3. The maximum Gasteiger partial charge on any atom is 0.407 e. The summed E-state index contributed by atoms with van der Waals surface area (Å²) in [6, 6.07) is 19.9. The van der Waals surface area contributed by atoms with Crippen molar-refractivity contribution in [3.63, 3.8) is 0 Å². The number of carbonyl (C=O) groups excluding carboxylic acids is 3. The highest BCUT2D eigenvalue weighted by atomic mass is 16.5. The van der Waals surface area contributed by atoms with Gasteiger partial charge in [0.05, 0.1) is 47.3 Å². The van der Waals surface area contributed by atoms with Crippen molar-refractivity contribution in [3.8, 4) is 22.3 Å². The van der Waals surface area contributed by atoms with E-state index in [0.717, 1.165) is 88.2 Å². The Morgan fingerprint density at radius 1 is 0.722 bits per heavy atom. The van der Waals surface area contributed by atoms with Crippen LogP contribution >= 0.6 is 0 Å². The van der Waals surface area contributed by atoms with Gasteiger partial charge in [-0.05, 0) is 98.1 Å². The summed E-state index contributed by atoms with van der Waals surface area (Å²) in [5.74, 6) is 1.77. The molecule has 3 N–H and O–H groups in total. The number of amides is 3. The van der Waals surface area contributed by atoms with Gasteiger partial charge in [0.1, 0.15) is 17.7 Å². The third-order valence-corrected chi connectivity index (χ3v) is 11.1. The predicted molar refractivity (Wildman–Crippen MR) is 210 cm³/mol. The van der Waals surface area contributed by atoms with Crippen LogP contribution in [-0.4, -0.2) is 98.9 Å². The van der Waals surface area contributed by atoms with Crippen molar-refractivity contribution in [2.45, 2.75) is 77.5 Å². The van der Waals surface area contributed by atoms with Crippen molar-refractivity contribution in [1.82, 2.24) is 40.0 Å². The lowest BCUT2D eigenvalue weighted by atomic mass is 10.00. The Labute approximate surface area is 316 Å². The number of aromatic nitrogens is 4.